The molecule has 3 aromatic rings. The Morgan fingerprint density at radius 1 is 0.822 bits per heavy atom. The molecule has 1 saturated heterocycles. The maximum atomic E-state index is 14.6. The van der Waals surface area contributed by atoms with Crippen molar-refractivity contribution in [2.24, 2.45) is 40.9 Å². The molecule has 1 heterocycles. The van der Waals surface area contributed by atoms with Gasteiger partial charge in [0.2, 0.25) is 17.7 Å². The molecule has 4 amide bonds. The number of hydrogen-bond acceptors (Lipinski definition) is 10. The van der Waals surface area contributed by atoms with E-state index < -0.39 is 71.8 Å². The van der Waals surface area contributed by atoms with Crippen molar-refractivity contribution in [1.29, 1.82) is 0 Å². The minimum Gasteiger partial charge on any atom is -0.459 e. The monoisotopic (exact) mass is 1010 g/mol. The third kappa shape index (κ3) is 14.5. The molecule has 11 atom stereocenters. The van der Waals surface area contributed by atoms with Gasteiger partial charge in [-0.05, 0) is 92.0 Å². The normalized spacial score (nSPS) is 21.1. The summed E-state index contributed by atoms with van der Waals surface area (Å²) in [6, 6.07) is 20.3. The number of hydrogen-bond donors (Lipinski definition) is 2. The van der Waals surface area contributed by atoms with Crippen molar-refractivity contribution in [3.05, 3.63) is 83.9 Å². The molecule has 0 spiro atoms. The van der Waals surface area contributed by atoms with Crippen LogP contribution in [-0.2, 0) is 55.9 Å². The van der Waals surface area contributed by atoms with E-state index >= 15 is 0 Å². The third-order valence-electron chi connectivity index (χ3n) is 15.7. The first kappa shape index (κ1) is 58.5. The lowest BCUT2D eigenvalue weighted by atomic mass is 9.77. The molecule has 0 aromatic heterocycles. The summed E-state index contributed by atoms with van der Waals surface area (Å²) in [6.07, 6.45) is 2.23. The van der Waals surface area contributed by atoms with Crippen LogP contribution in [0.1, 0.15) is 126 Å². The van der Waals surface area contributed by atoms with Crippen LogP contribution in [-0.4, -0.2) is 115 Å². The summed E-state index contributed by atoms with van der Waals surface area (Å²) >= 11 is 0. The number of likely N-dealkylation sites (N-methyl/N-ethyl adjacent to an activating group) is 1. The Morgan fingerprint density at radius 3 is 2.10 bits per heavy atom. The van der Waals surface area contributed by atoms with Crippen molar-refractivity contribution < 1.29 is 47.7 Å². The number of carbonyl (C=O) groups is 6. The Morgan fingerprint density at radius 2 is 1.48 bits per heavy atom. The summed E-state index contributed by atoms with van der Waals surface area (Å²) in [5.74, 6) is -2.82. The summed E-state index contributed by atoms with van der Waals surface area (Å²) in [5.41, 5.74) is 0.630. The average molecular weight is 1010 g/mol. The molecule has 14 nitrogen and oxygen atoms in total. The lowest BCUT2D eigenvalue weighted by Gasteiger charge is -2.37. The van der Waals surface area contributed by atoms with Crippen molar-refractivity contribution in [3.8, 4) is 0 Å². The molecule has 0 radical (unpaired) electrons. The predicted molar refractivity (Wildman–Crippen MR) is 284 cm³/mol. The highest BCUT2D eigenvalue weighted by molar-refractivity contribution is 5.93. The first-order valence-electron chi connectivity index (χ1n) is 26.6. The fourth-order valence-corrected chi connectivity index (χ4v) is 11.5. The van der Waals surface area contributed by atoms with Gasteiger partial charge in [-0.15, -0.1) is 0 Å². The van der Waals surface area contributed by atoms with Crippen LogP contribution in [0.15, 0.2) is 72.8 Å². The summed E-state index contributed by atoms with van der Waals surface area (Å²) in [7, 11) is 4.76. The smallest absolute Gasteiger partial charge is 0.410 e. The van der Waals surface area contributed by atoms with Gasteiger partial charge in [0.05, 0.1) is 36.6 Å². The van der Waals surface area contributed by atoms with Crippen molar-refractivity contribution >= 4 is 46.3 Å². The van der Waals surface area contributed by atoms with Crippen LogP contribution in [0.25, 0.3) is 10.8 Å². The number of nitrogens with one attached hydrogen (secondary N) is 2. The van der Waals surface area contributed by atoms with Crippen molar-refractivity contribution in [3.63, 3.8) is 0 Å². The third-order valence-corrected chi connectivity index (χ3v) is 15.7. The fourth-order valence-electron chi connectivity index (χ4n) is 11.5. The van der Waals surface area contributed by atoms with Crippen molar-refractivity contribution in [1.82, 2.24) is 20.4 Å². The van der Waals surface area contributed by atoms with E-state index in [1.165, 1.54) is 4.90 Å². The van der Waals surface area contributed by atoms with Crippen molar-refractivity contribution in [2.75, 3.05) is 27.8 Å². The Labute approximate surface area is 435 Å². The minimum atomic E-state index is -0.972. The number of likely N-dealkylation sites (tertiary alicyclic amines) is 1. The quantitative estimate of drug-likeness (QED) is 0.0780. The summed E-state index contributed by atoms with van der Waals surface area (Å²) in [6.45, 7) is 21.4. The molecule has 3 aromatic carbocycles. The summed E-state index contributed by atoms with van der Waals surface area (Å²) in [4.78, 5) is 87.2. The molecular formula is C59H86N4O10. The molecule has 0 bridgehead atoms. The first-order chi connectivity index (χ1) is 34.5. The molecule has 5 rings (SSSR count). The highest BCUT2D eigenvalue weighted by Crippen LogP contribution is 2.64. The average Bonchev–Trinajstić information content (AvgIpc) is 3.85. The maximum absolute atomic E-state index is 14.6. The number of rotatable bonds is 25. The number of methoxy groups -OCH3 is 2. The Bertz CT molecular complexity index is 2340. The maximum Gasteiger partial charge on any atom is 0.410 e. The van der Waals surface area contributed by atoms with E-state index in [4.69, 9.17) is 18.9 Å². The number of ketones is 1. The van der Waals surface area contributed by atoms with Crippen LogP contribution in [0.3, 0.4) is 0 Å². The number of esters is 1. The second-order valence-electron chi connectivity index (χ2n) is 22.6. The van der Waals surface area contributed by atoms with E-state index in [-0.39, 0.29) is 66.1 Å². The molecule has 1 saturated carbocycles. The molecule has 14 heteroatoms. The first-order valence-corrected chi connectivity index (χ1v) is 26.6. The van der Waals surface area contributed by atoms with Gasteiger partial charge >= 0.3 is 12.1 Å². The number of fused-ring (bicyclic) bond motifs is 1. The zero-order chi connectivity index (χ0) is 53.9. The molecule has 73 heavy (non-hydrogen) atoms. The van der Waals surface area contributed by atoms with Gasteiger partial charge in [-0.25, -0.2) is 9.59 Å². The summed E-state index contributed by atoms with van der Waals surface area (Å²) < 4.78 is 23.9. The topological polar surface area (TPSA) is 170 Å². The number of nitrogens with zero attached hydrogens (tertiary/aromatic N) is 2. The van der Waals surface area contributed by atoms with Gasteiger partial charge in [0, 0.05) is 45.6 Å². The Hall–Kier alpha value is -5.34. The van der Waals surface area contributed by atoms with Crippen LogP contribution in [0.2, 0.25) is 0 Å². The number of Topliss-reactive ketones (excluding diaryl/α,β-unsaturated/α-hetero) is 1. The highest BCUT2D eigenvalue weighted by Gasteiger charge is 2.62. The molecule has 1 aliphatic carbocycles. The predicted octanol–water partition coefficient (Wildman–Crippen LogP) is 9.34. The zero-order valence-electron chi connectivity index (χ0n) is 46.2. The number of carbonyl (C=O) groups excluding carboxylic acids is 6. The second-order valence-corrected chi connectivity index (χ2v) is 22.6. The van der Waals surface area contributed by atoms with E-state index in [2.05, 4.69) is 24.5 Å². The second kappa shape index (κ2) is 25.7. The van der Waals surface area contributed by atoms with Crippen molar-refractivity contribution in [2.45, 2.75) is 170 Å². The summed E-state index contributed by atoms with van der Waals surface area (Å²) in [5, 5.41) is 8.05. The van der Waals surface area contributed by atoms with E-state index in [0.29, 0.717) is 19.4 Å². The minimum absolute atomic E-state index is 0.0463. The molecule has 2 N–H and O–H groups in total. The highest BCUT2D eigenvalue weighted by atomic mass is 16.6. The zero-order valence-corrected chi connectivity index (χ0v) is 46.2. The molecule has 2 aliphatic rings. The van der Waals surface area contributed by atoms with E-state index in [9.17, 15) is 28.8 Å². The van der Waals surface area contributed by atoms with Crippen LogP contribution in [0.5, 0.6) is 0 Å². The SMILES string of the molecule is CC[C@H](C)[C@@]1([C@@H](CC(=O)N2CCC[C@H]2[C@H](OC)[C@@H](C)C(=O)N[C@@H](Cc2ccccc2)C(=O)OCc2cccc3ccccc23)OC)C[C@@H]1CC(C)C(=O)[C@@H](NC(=O)[C@H](C(C)C)N(C)C(=O)OC(C)(C)C)C(C)C. The largest absolute Gasteiger partial charge is 0.459 e. The standard InChI is InChI=1S/C59H86N4O10/c1-15-39(7)59(34-44(59)31-38(6)52(65)50(36(2)3)61-55(67)51(37(4)5)62(12)57(69)73-58(9,10)11)48(70-13)33-49(64)63-30-22-29-47(63)53(71-14)40(8)54(66)60-46(32-41-23-17-16-18-24-41)56(68)72-35-43-27-21-26-42-25-19-20-28-45(42)43/h16-21,23-28,36-40,44,46-48,50-51,53H,15,22,29-35H2,1-14H3,(H,60,66)(H,61,67)/t38?,39-,40+,44-,46-,47-,48+,50-,51-,53+,59-/m0/s1. The molecule has 402 valence electrons. The number of benzene rings is 3. The van der Waals surface area contributed by atoms with Gasteiger partial charge in [0.15, 0.2) is 5.78 Å². The lowest BCUT2D eigenvalue weighted by molar-refractivity contribution is -0.150. The van der Waals surface area contributed by atoms with Gasteiger partial charge in [-0.3, -0.25) is 24.1 Å². The van der Waals surface area contributed by atoms with Gasteiger partial charge in [0.25, 0.3) is 0 Å². The molecule has 1 unspecified atom stereocenters. The van der Waals surface area contributed by atoms with Crippen LogP contribution in [0.4, 0.5) is 4.79 Å². The Balaban J connectivity index is 1.26. The number of ether oxygens (including phenoxy) is 4. The van der Waals surface area contributed by atoms with Crippen LogP contribution in [0, 0.1) is 40.9 Å². The van der Waals surface area contributed by atoms with E-state index in [1.54, 1.807) is 49.0 Å². The van der Waals surface area contributed by atoms with Gasteiger partial charge in [0.1, 0.15) is 24.3 Å². The molecule has 2 fully saturated rings. The van der Waals surface area contributed by atoms with E-state index in [0.717, 1.165) is 41.2 Å². The van der Waals surface area contributed by atoms with Gasteiger partial charge in [-0.1, -0.05) is 135 Å². The fraction of sp³-hybridized carbons (Fsp3) is 0.627. The van der Waals surface area contributed by atoms with Crippen LogP contribution < -0.4 is 10.6 Å². The molecule has 1 aliphatic heterocycles. The Kier molecular flexibility index (Phi) is 20.6. The van der Waals surface area contributed by atoms with Gasteiger partial charge < -0.3 is 34.5 Å². The lowest BCUT2D eigenvalue weighted by Crippen LogP contribution is -2.56. The van der Waals surface area contributed by atoms with Crippen LogP contribution >= 0.6 is 0 Å². The van der Waals surface area contributed by atoms with Gasteiger partial charge in [-0.2, -0.15) is 0 Å². The number of amides is 4. The van der Waals surface area contributed by atoms with E-state index in [1.807, 2.05) is 112 Å². The molecular weight excluding hydrogens is 925 g/mol.